The van der Waals surface area contributed by atoms with Crippen LogP contribution in [0.3, 0.4) is 0 Å². The van der Waals surface area contributed by atoms with Crippen molar-refractivity contribution in [3.8, 4) is 0 Å². The summed E-state index contributed by atoms with van der Waals surface area (Å²) in [6, 6.07) is 0.0433. The van der Waals surface area contributed by atoms with Gasteiger partial charge >= 0.3 is 5.97 Å². The summed E-state index contributed by atoms with van der Waals surface area (Å²) in [4.78, 5) is 16.5. The third kappa shape index (κ3) is 2.74. The number of nitrogens with zero attached hydrogens (tertiary/aromatic N) is 2. The predicted octanol–water partition coefficient (Wildman–Crippen LogP) is 2.17. The average Bonchev–Trinajstić information content (AvgIpc) is 2.70. The van der Waals surface area contributed by atoms with Gasteiger partial charge in [0, 0.05) is 24.2 Å². The number of carbonyl (C=O) groups is 1. The van der Waals surface area contributed by atoms with Crippen molar-refractivity contribution in [3.63, 3.8) is 0 Å². The zero-order valence-corrected chi connectivity index (χ0v) is 12.4. The molecular weight excluding hydrogens is 242 g/mol. The Morgan fingerprint density at radius 3 is 2.84 bits per heavy atom. The topological polar surface area (TPSA) is 56.2 Å². The van der Waals surface area contributed by atoms with Crippen molar-refractivity contribution in [2.24, 2.45) is 5.92 Å². The molecule has 106 valence electrons. The van der Waals surface area contributed by atoms with E-state index < -0.39 is 0 Å². The number of hydrogen-bond acceptors (Lipinski definition) is 4. The second kappa shape index (κ2) is 4.87. The molecule has 1 aliphatic heterocycles. The second-order valence-corrected chi connectivity index (χ2v) is 6.14. The largest absolute Gasteiger partial charge is 0.466 e. The van der Waals surface area contributed by atoms with E-state index in [4.69, 9.17) is 4.74 Å². The van der Waals surface area contributed by atoms with Gasteiger partial charge in [-0.05, 0) is 13.8 Å². The van der Waals surface area contributed by atoms with Gasteiger partial charge in [0.15, 0.2) is 0 Å². The summed E-state index contributed by atoms with van der Waals surface area (Å²) >= 11 is 0. The first kappa shape index (κ1) is 13.9. The van der Waals surface area contributed by atoms with E-state index in [9.17, 15) is 4.79 Å². The van der Waals surface area contributed by atoms with Crippen molar-refractivity contribution < 1.29 is 9.53 Å². The lowest BCUT2D eigenvalue weighted by molar-refractivity contribution is -0.149. The fourth-order valence-electron chi connectivity index (χ4n) is 2.23. The van der Waals surface area contributed by atoms with Gasteiger partial charge in [-0.1, -0.05) is 20.8 Å². The van der Waals surface area contributed by atoms with E-state index in [1.807, 2.05) is 24.6 Å². The molecule has 5 heteroatoms. The Morgan fingerprint density at radius 1 is 1.58 bits per heavy atom. The third-order valence-electron chi connectivity index (χ3n) is 3.49. The minimum Gasteiger partial charge on any atom is -0.466 e. The molecule has 1 N–H and O–H groups in total. The highest BCUT2D eigenvalue weighted by Crippen LogP contribution is 2.28. The summed E-state index contributed by atoms with van der Waals surface area (Å²) in [6.07, 6.45) is 2.03. The molecule has 2 rings (SSSR count). The molecule has 1 aromatic heterocycles. The van der Waals surface area contributed by atoms with Crippen LogP contribution in [0.2, 0.25) is 0 Å². The molecular formula is C14H23N3O2. The summed E-state index contributed by atoms with van der Waals surface area (Å²) in [5.74, 6) is 0.548. The van der Waals surface area contributed by atoms with Crippen LogP contribution in [0.4, 0.5) is 5.95 Å². The van der Waals surface area contributed by atoms with Gasteiger partial charge in [0.1, 0.15) is 0 Å². The number of ether oxygens (including phenoxy) is 1. The number of rotatable bonds is 2. The van der Waals surface area contributed by atoms with E-state index in [0.29, 0.717) is 13.2 Å². The minimum atomic E-state index is -0.158. The lowest BCUT2D eigenvalue weighted by Crippen LogP contribution is -2.41. The van der Waals surface area contributed by atoms with Crippen molar-refractivity contribution in [2.45, 2.75) is 52.6 Å². The van der Waals surface area contributed by atoms with Crippen LogP contribution in [0.25, 0.3) is 0 Å². The molecule has 0 saturated heterocycles. The predicted molar refractivity (Wildman–Crippen MR) is 74.1 cm³/mol. The van der Waals surface area contributed by atoms with E-state index in [2.05, 4.69) is 31.1 Å². The Balaban J connectivity index is 2.23. The zero-order valence-electron chi connectivity index (χ0n) is 12.4. The Labute approximate surface area is 114 Å². The molecule has 0 bridgehead atoms. The van der Waals surface area contributed by atoms with Gasteiger partial charge in [0.2, 0.25) is 5.95 Å². The zero-order chi connectivity index (χ0) is 14.2. The van der Waals surface area contributed by atoms with Crippen LogP contribution in [0.1, 0.15) is 40.3 Å². The lowest BCUT2D eigenvalue weighted by Gasteiger charge is -2.29. The number of aromatic nitrogens is 2. The monoisotopic (exact) mass is 265 g/mol. The molecule has 2 atom stereocenters. The van der Waals surface area contributed by atoms with Crippen molar-refractivity contribution in [3.05, 3.63) is 11.9 Å². The fourth-order valence-corrected chi connectivity index (χ4v) is 2.23. The highest BCUT2D eigenvalue weighted by atomic mass is 16.5. The van der Waals surface area contributed by atoms with Gasteiger partial charge < -0.3 is 14.6 Å². The number of carbonyl (C=O) groups excluding carboxylic acids is 1. The molecule has 1 aliphatic rings. The molecule has 0 radical (unpaired) electrons. The van der Waals surface area contributed by atoms with Gasteiger partial charge in [-0.2, -0.15) is 0 Å². The lowest BCUT2D eigenvalue weighted by atomic mass is 9.93. The first-order valence-electron chi connectivity index (χ1n) is 6.83. The Kier molecular flexibility index (Phi) is 3.56. The third-order valence-corrected chi connectivity index (χ3v) is 3.49. The number of fused-ring (bicyclic) bond motifs is 1. The second-order valence-electron chi connectivity index (χ2n) is 6.14. The van der Waals surface area contributed by atoms with E-state index >= 15 is 0 Å². The average molecular weight is 265 g/mol. The Morgan fingerprint density at radius 2 is 2.26 bits per heavy atom. The summed E-state index contributed by atoms with van der Waals surface area (Å²) in [6.45, 7) is 11.3. The van der Waals surface area contributed by atoms with Gasteiger partial charge in [0.25, 0.3) is 0 Å². The van der Waals surface area contributed by atoms with Gasteiger partial charge in [-0.3, -0.25) is 4.79 Å². The molecule has 19 heavy (non-hydrogen) atoms. The maximum Gasteiger partial charge on any atom is 0.312 e. The fraction of sp³-hybridized carbons (Fsp3) is 0.714. The number of esters is 1. The molecule has 0 fully saturated rings. The van der Waals surface area contributed by atoms with Crippen LogP contribution in [0.5, 0.6) is 0 Å². The van der Waals surface area contributed by atoms with Crippen molar-refractivity contribution in [2.75, 3.05) is 11.9 Å². The van der Waals surface area contributed by atoms with Crippen molar-refractivity contribution in [1.82, 2.24) is 9.55 Å². The molecule has 0 aromatic carbocycles. The highest BCUT2D eigenvalue weighted by molar-refractivity contribution is 5.74. The maximum absolute atomic E-state index is 11.9. The van der Waals surface area contributed by atoms with Crippen molar-refractivity contribution >= 4 is 11.9 Å². The number of hydrogen-bond donors (Lipinski definition) is 1. The SMILES string of the molecule is CCOC(=O)C1Cn2cc(C(C)(C)C)nc2NC1C. The number of imidazole rings is 1. The van der Waals surface area contributed by atoms with Crippen LogP contribution >= 0.6 is 0 Å². The molecule has 5 nitrogen and oxygen atoms in total. The molecule has 2 unspecified atom stereocenters. The smallest absolute Gasteiger partial charge is 0.312 e. The standard InChI is InChI=1S/C14H23N3O2/c1-6-19-12(18)10-7-17-8-11(14(3,4)5)16-13(17)15-9(10)2/h8-10H,6-7H2,1-5H3,(H,15,16). The Hall–Kier alpha value is -1.52. The van der Waals surface area contributed by atoms with E-state index in [-0.39, 0.29) is 23.3 Å². The molecule has 0 aliphatic carbocycles. The maximum atomic E-state index is 11.9. The van der Waals surface area contributed by atoms with E-state index in [1.54, 1.807) is 0 Å². The molecule has 0 saturated carbocycles. The van der Waals surface area contributed by atoms with Gasteiger partial charge in [-0.25, -0.2) is 4.98 Å². The molecule has 0 spiro atoms. The Bertz CT molecular complexity index is 474. The van der Waals surface area contributed by atoms with E-state index in [1.165, 1.54) is 0 Å². The first-order valence-corrected chi connectivity index (χ1v) is 6.83. The number of anilines is 1. The summed E-state index contributed by atoms with van der Waals surface area (Å²) in [5, 5.41) is 3.29. The summed E-state index contributed by atoms with van der Waals surface area (Å²) in [7, 11) is 0. The van der Waals surface area contributed by atoms with Crippen LogP contribution in [0.15, 0.2) is 6.20 Å². The van der Waals surface area contributed by atoms with Crippen LogP contribution in [-0.2, 0) is 21.5 Å². The van der Waals surface area contributed by atoms with Crippen LogP contribution in [-0.4, -0.2) is 28.2 Å². The quantitative estimate of drug-likeness (QED) is 0.833. The van der Waals surface area contributed by atoms with Crippen LogP contribution < -0.4 is 5.32 Å². The van der Waals surface area contributed by atoms with Crippen molar-refractivity contribution in [1.29, 1.82) is 0 Å². The highest BCUT2D eigenvalue weighted by Gasteiger charge is 2.33. The summed E-state index contributed by atoms with van der Waals surface area (Å²) in [5.41, 5.74) is 1.04. The molecule has 1 aromatic rings. The van der Waals surface area contributed by atoms with Gasteiger partial charge in [0.05, 0.1) is 18.2 Å². The van der Waals surface area contributed by atoms with E-state index in [0.717, 1.165) is 11.6 Å². The normalized spacial score (nSPS) is 22.6. The molecule has 2 heterocycles. The van der Waals surface area contributed by atoms with Gasteiger partial charge in [-0.15, -0.1) is 0 Å². The van der Waals surface area contributed by atoms with Crippen LogP contribution in [0, 0.1) is 5.92 Å². The minimum absolute atomic E-state index is 0.00861. The first-order chi connectivity index (χ1) is 8.82. The molecule has 0 amide bonds. The number of nitrogens with one attached hydrogen (secondary N) is 1. The summed E-state index contributed by atoms with van der Waals surface area (Å²) < 4.78 is 7.14.